The van der Waals surface area contributed by atoms with E-state index >= 15 is 0 Å². The standard InChI is InChI=1S/C5H12O.C3H6O/c1-3-5(6)4-2;1-3(2)4/h5-6H,3-4H2,1-2H3;1-2H3. The summed E-state index contributed by atoms with van der Waals surface area (Å²) in [7, 11) is 0. The van der Waals surface area contributed by atoms with Gasteiger partial charge in [0.05, 0.1) is 6.10 Å². The number of hydrogen-bond donors (Lipinski definition) is 1. The van der Waals surface area contributed by atoms with E-state index in [9.17, 15) is 4.79 Å². The van der Waals surface area contributed by atoms with Gasteiger partial charge in [-0.25, -0.2) is 0 Å². The summed E-state index contributed by atoms with van der Waals surface area (Å²) in [5.74, 6) is 0.167. The quantitative estimate of drug-likeness (QED) is 0.644. The molecular weight excluding hydrogens is 128 g/mol. The number of hydrogen-bond acceptors (Lipinski definition) is 2. The minimum atomic E-state index is -0.0648. The van der Waals surface area contributed by atoms with Crippen LogP contribution in [0.4, 0.5) is 0 Å². The molecule has 0 aliphatic heterocycles. The topological polar surface area (TPSA) is 37.3 Å². The van der Waals surface area contributed by atoms with Crippen LogP contribution >= 0.6 is 0 Å². The summed E-state index contributed by atoms with van der Waals surface area (Å²) in [5, 5.41) is 8.67. The van der Waals surface area contributed by atoms with E-state index in [1.54, 1.807) is 0 Å². The third-order valence-electron chi connectivity index (χ3n) is 0.942. The molecule has 0 rings (SSSR count). The van der Waals surface area contributed by atoms with Crippen LogP contribution in [0.15, 0.2) is 0 Å². The van der Waals surface area contributed by atoms with Gasteiger partial charge in [-0.3, -0.25) is 0 Å². The van der Waals surface area contributed by atoms with Crippen LogP contribution in [-0.2, 0) is 4.79 Å². The maximum absolute atomic E-state index is 9.44. The number of rotatable bonds is 2. The van der Waals surface area contributed by atoms with Crippen LogP contribution in [0.1, 0.15) is 40.5 Å². The minimum absolute atomic E-state index is 0.0648. The Kier molecular flexibility index (Phi) is 10.6. The highest BCUT2D eigenvalue weighted by Gasteiger charge is 1.90. The van der Waals surface area contributed by atoms with Crippen LogP contribution in [0.3, 0.4) is 0 Å². The van der Waals surface area contributed by atoms with Gasteiger partial charge in [0.1, 0.15) is 5.78 Å². The molecule has 0 aliphatic rings. The number of carbonyl (C=O) groups excluding carboxylic acids is 1. The summed E-state index contributed by atoms with van der Waals surface area (Å²) in [6.45, 7) is 7.02. The Morgan fingerprint density at radius 1 is 1.30 bits per heavy atom. The third kappa shape index (κ3) is 25.5. The maximum atomic E-state index is 9.44. The smallest absolute Gasteiger partial charge is 0.126 e. The lowest BCUT2D eigenvalue weighted by atomic mass is 10.2. The molecule has 0 unspecified atom stereocenters. The van der Waals surface area contributed by atoms with E-state index in [2.05, 4.69) is 0 Å². The van der Waals surface area contributed by atoms with E-state index in [0.29, 0.717) is 0 Å². The zero-order valence-electron chi connectivity index (χ0n) is 7.35. The Labute approximate surface area is 63.3 Å². The van der Waals surface area contributed by atoms with Crippen molar-refractivity contribution in [2.24, 2.45) is 0 Å². The number of aliphatic hydroxyl groups is 1. The van der Waals surface area contributed by atoms with Gasteiger partial charge in [0, 0.05) is 0 Å². The van der Waals surface area contributed by atoms with Crippen LogP contribution < -0.4 is 0 Å². The molecule has 0 saturated carbocycles. The number of ketones is 1. The van der Waals surface area contributed by atoms with E-state index in [4.69, 9.17) is 5.11 Å². The molecule has 0 amide bonds. The second-order valence-corrected chi connectivity index (χ2v) is 2.38. The monoisotopic (exact) mass is 146 g/mol. The van der Waals surface area contributed by atoms with Crippen molar-refractivity contribution in [3.05, 3.63) is 0 Å². The van der Waals surface area contributed by atoms with Gasteiger partial charge < -0.3 is 9.90 Å². The molecule has 0 aromatic carbocycles. The van der Waals surface area contributed by atoms with Crippen molar-refractivity contribution in [3.8, 4) is 0 Å². The number of aliphatic hydroxyl groups excluding tert-OH is 1. The molecule has 0 aromatic heterocycles. The van der Waals surface area contributed by atoms with E-state index in [-0.39, 0.29) is 11.9 Å². The molecule has 0 fully saturated rings. The first-order chi connectivity index (χ1) is 4.54. The molecule has 2 nitrogen and oxygen atoms in total. The second kappa shape index (κ2) is 8.63. The van der Waals surface area contributed by atoms with Crippen LogP contribution in [0.5, 0.6) is 0 Å². The van der Waals surface area contributed by atoms with Gasteiger partial charge >= 0.3 is 0 Å². The van der Waals surface area contributed by atoms with Crippen LogP contribution in [0, 0.1) is 0 Å². The highest BCUT2D eigenvalue weighted by Crippen LogP contribution is 1.91. The van der Waals surface area contributed by atoms with Crippen molar-refractivity contribution in [2.45, 2.75) is 46.6 Å². The summed E-state index contributed by atoms with van der Waals surface area (Å²) in [6, 6.07) is 0. The molecule has 0 aromatic rings. The Morgan fingerprint density at radius 3 is 1.50 bits per heavy atom. The first-order valence-corrected chi connectivity index (χ1v) is 3.69. The van der Waals surface area contributed by atoms with Gasteiger partial charge in [-0.05, 0) is 26.7 Å². The maximum Gasteiger partial charge on any atom is 0.126 e. The van der Waals surface area contributed by atoms with Crippen molar-refractivity contribution in [3.63, 3.8) is 0 Å². The summed E-state index contributed by atoms with van der Waals surface area (Å²) < 4.78 is 0. The van der Waals surface area contributed by atoms with Gasteiger partial charge in [0.2, 0.25) is 0 Å². The average molecular weight is 146 g/mol. The van der Waals surface area contributed by atoms with E-state index in [1.165, 1.54) is 13.8 Å². The summed E-state index contributed by atoms with van der Waals surface area (Å²) in [5.41, 5.74) is 0. The SMILES string of the molecule is CC(C)=O.CCC(O)CC. The largest absolute Gasteiger partial charge is 0.393 e. The normalized spacial score (nSPS) is 8.60. The highest BCUT2D eigenvalue weighted by molar-refractivity contribution is 5.72. The molecular formula is C8H18O2. The fourth-order valence-electron chi connectivity index (χ4n) is 0.289. The van der Waals surface area contributed by atoms with Crippen molar-refractivity contribution >= 4 is 5.78 Å². The van der Waals surface area contributed by atoms with Crippen LogP contribution in [0.25, 0.3) is 0 Å². The van der Waals surface area contributed by atoms with Crippen molar-refractivity contribution < 1.29 is 9.90 Å². The Hall–Kier alpha value is -0.370. The predicted octanol–water partition coefficient (Wildman–Crippen LogP) is 1.76. The fourth-order valence-corrected chi connectivity index (χ4v) is 0.289. The molecule has 0 saturated heterocycles. The Morgan fingerprint density at radius 2 is 1.50 bits per heavy atom. The van der Waals surface area contributed by atoms with Crippen molar-refractivity contribution in [1.82, 2.24) is 0 Å². The first kappa shape index (κ1) is 12.3. The van der Waals surface area contributed by atoms with Gasteiger partial charge in [0.25, 0.3) is 0 Å². The lowest BCUT2D eigenvalue weighted by molar-refractivity contribution is -0.114. The number of carbonyl (C=O) groups is 1. The summed E-state index contributed by atoms with van der Waals surface area (Å²) in [4.78, 5) is 9.44. The van der Waals surface area contributed by atoms with Crippen molar-refractivity contribution in [1.29, 1.82) is 0 Å². The first-order valence-electron chi connectivity index (χ1n) is 3.69. The van der Waals surface area contributed by atoms with E-state index in [0.717, 1.165) is 12.8 Å². The molecule has 0 aliphatic carbocycles. The lowest BCUT2D eigenvalue weighted by Gasteiger charge is -1.98. The molecule has 0 atom stereocenters. The summed E-state index contributed by atoms with van der Waals surface area (Å²) >= 11 is 0. The molecule has 10 heavy (non-hydrogen) atoms. The predicted molar refractivity (Wildman–Crippen MR) is 42.9 cm³/mol. The third-order valence-corrected chi connectivity index (χ3v) is 0.942. The zero-order chi connectivity index (χ0) is 8.57. The Bertz CT molecular complexity index is 71.3. The van der Waals surface area contributed by atoms with Crippen LogP contribution in [0.2, 0.25) is 0 Å². The molecule has 0 spiro atoms. The Balaban J connectivity index is 0. The summed E-state index contributed by atoms with van der Waals surface area (Å²) in [6.07, 6.45) is 1.71. The van der Waals surface area contributed by atoms with Gasteiger partial charge in [-0.2, -0.15) is 0 Å². The van der Waals surface area contributed by atoms with E-state index in [1.807, 2.05) is 13.8 Å². The fraction of sp³-hybridized carbons (Fsp3) is 0.875. The molecule has 0 heterocycles. The second-order valence-electron chi connectivity index (χ2n) is 2.38. The molecule has 1 N–H and O–H groups in total. The molecule has 62 valence electrons. The zero-order valence-corrected chi connectivity index (χ0v) is 7.35. The molecule has 0 radical (unpaired) electrons. The minimum Gasteiger partial charge on any atom is -0.393 e. The lowest BCUT2D eigenvalue weighted by Crippen LogP contribution is -1.99. The van der Waals surface area contributed by atoms with Crippen molar-refractivity contribution in [2.75, 3.05) is 0 Å². The van der Waals surface area contributed by atoms with Crippen LogP contribution in [-0.4, -0.2) is 17.0 Å². The van der Waals surface area contributed by atoms with Gasteiger partial charge in [-0.15, -0.1) is 0 Å². The van der Waals surface area contributed by atoms with E-state index < -0.39 is 0 Å². The molecule has 0 bridgehead atoms. The van der Waals surface area contributed by atoms with Gasteiger partial charge in [0.15, 0.2) is 0 Å². The number of Topliss-reactive ketones (excluding diaryl/α,β-unsaturated/α-hetero) is 1. The highest BCUT2D eigenvalue weighted by atomic mass is 16.3. The van der Waals surface area contributed by atoms with Gasteiger partial charge in [-0.1, -0.05) is 13.8 Å². The average Bonchev–Trinajstić information content (AvgIpc) is 1.85. The molecule has 2 heteroatoms.